The van der Waals surface area contributed by atoms with Crippen molar-refractivity contribution in [1.82, 2.24) is 47.2 Å². The monoisotopic (exact) mass is 823 g/mol. The Morgan fingerprint density at radius 2 is 1.53 bits per heavy atom. The number of carbonyl (C=O) groups is 8. The van der Waals surface area contributed by atoms with Crippen LogP contribution < -0.4 is 54.4 Å². The van der Waals surface area contributed by atoms with Crippen molar-refractivity contribution in [3.05, 3.63) is 54.1 Å². The molecule has 3 rings (SSSR count). The van der Waals surface area contributed by atoms with E-state index in [1.165, 1.54) is 19.4 Å². The molecule has 2 heterocycles. The van der Waals surface area contributed by atoms with Gasteiger partial charge in [-0.2, -0.15) is 0 Å². The molecule has 0 bridgehead atoms. The van der Waals surface area contributed by atoms with Crippen LogP contribution in [0.25, 0.3) is 0 Å². The number of nitrogens with zero attached hydrogens (tertiary/aromatic N) is 2. The zero-order valence-electron chi connectivity index (χ0n) is 33.4. The maximum atomic E-state index is 14.2. The number of guanidine groups is 1. The summed E-state index contributed by atoms with van der Waals surface area (Å²) in [6, 6.07) is 1.22. The van der Waals surface area contributed by atoms with Crippen molar-refractivity contribution in [2.45, 2.75) is 114 Å². The third kappa shape index (κ3) is 16.8. The average molecular weight is 824 g/mol. The second kappa shape index (κ2) is 24.3. The van der Waals surface area contributed by atoms with Crippen LogP contribution in [0.5, 0.6) is 0 Å². The number of carbonyl (C=O) groups excluding carboxylic acids is 8. The van der Waals surface area contributed by atoms with Crippen LogP contribution in [0.1, 0.15) is 76.5 Å². The number of primary amides is 1. The fourth-order valence-electron chi connectivity index (χ4n) is 6.22. The summed E-state index contributed by atoms with van der Waals surface area (Å²) >= 11 is 0. The van der Waals surface area contributed by atoms with Crippen LogP contribution in [0.2, 0.25) is 0 Å². The molecule has 21 nitrogen and oxygen atoms in total. The lowest BCUT2D eigenvalue weighted by Gasteiger charge is -2.27. The van der Waals surface area contributed by atoms with Gasteiger partial charge >= 0.3 is 0 Å². The summed E-state index contributed by atoms with van der Waals surface area (Å²) in [6.07, 6.45) is 3.83. The third-order valence-corrected chi connectivity index (χ3v) is 9.35. The van der Waals surface area contributed by atoms with Crippen LogP contribution in [-0.4, -0.2) is 113 Å². The fourth-order valence-corrected chi connectivity index (χ4v) is 6.22. The number of H-pyrrole nitrogens is 1. The van der Waals surface area contributed by atoms with Gasteiger partial charge in [-0.05, 0) is 37.7 Å². The number of nitrogens with two attached hydrogens (primary N) is 3. The second-order valence-corrected chi connectivity index (χ2v) is 14.2. The van der Waals surface area contributed by atoms with Crippen LogP contribution in [0.4, 0.5) is 0 Å². The number of benzene rings is 1. The topological polar surface area (TPSA) is 340 Å². The first kappa shape index (κ1) is 46.8. The Balaban J connectivity index is 2.05. The Kier molecular flexibility index (Phi) is 19.3. The first-order valence-corrected chi connectivity index (χ1v) is 19.6. The van der Waals surface area contributed by atoms with Gasteiger partial charge in [0.1, 0.15) is 36.3 Å². The summed E-state index contributed by atoms with van der Waals surface area (Å²) in [5.41, 5.74) is 17.6. The SMILES string of the molecule is CCCC[C@H](NC(C)=O)C(=O)N[C@H]1CCC(=O)NCCC(C(N)=O)NC(=O)[C@H](CCCN=C(N)N)NC(=O)[C@@H](Cc2ccccc2)NC(=O)[C@H](Cc2cnc[nH]2)NC1=O. The van der Waals surface area contributed by atoms with Gasteiger partial charge in [0.05, 0.1) is 6.33 Å². The molecule has 59 heavy (non-hydrogen) atoms. The van der Waals surface area contributed by atoms with Gasteiger partial charge in [0.15, 0.2) is 5.96 Å². The lowest BCUT2D eigenvalue weighted by atomic mass is 10.0. The molecular formula is C38H57N13O8. The van der Waals surface area contributed by atoms with Crippen LogP contribution in [0.3, 0.4) is 0 Å². The number of aromatic amines is 1. The summed E-state index contributed by atoms with van der Waals surface area (Å²) in [4.78, 5) is 118. The van der Waals surface area contributed by atoms with E-state index in [0.29, 0.717) is 17.7 Å². The molecule has 1 aliphatic rings. The lowest BCUT2D eigenvalue weighted by Crippen LogP contribution is -2.60. The smallest absolute Gasteiger partial charge is 0.243 e. The lowest BCUT2D eigenvalue weighted by molar-refractivity contribution is -0.135. The van der Waals surface area contributed by atoms with Gasteiger partial charge in [-0.1, -0.05) is 50.1 Å². The molecule has 21 heteroatoms. The Hall–Kier alpha value is -6.54. The highest BCUT2D eigenvalue weighted by atomic mass is 16.2. The zero-order chi connectivity index (χ0) is 43.3. The normalized spacial score (nSPS) is 21.7. The van der Waals surface area contributed by atoms with E-state index in [0.717, 1.165) is 6.42 Å². The van der Waals surface area contributed by atoms with Crippen molar-refractivity contribution < 1.29 is 38.4 Å². The molecule has 14 N–H and O–H groups in total. The van der Waals surface area contributed by atoms with Crippen LogP contribution in [0, 0.1) is 0 Å². The van der Waals surface area contributed by atoms with Crippen molar-refractivity contribution in [1.29, 1.82) is 0 Å². The van der Waals surface area contributed by atoms with E-state index in [2.05, 4.69) is 52.2 Å². The maximum absolute atomic E-state index is 14.2. The van der Waals surface area contributed by atoms with Crippen LogP contribution in [-0.2, 0) is 51.2 Å². The van der Waals surface area contributed by atoms with Crippen molar-refractivity contribution in [2.24, 2.45) is 22.2 Å². The van der Waals surface area contributed by atoms with E-state index < -0.39 is 83.5 Å². The van der Waals surface area contributed by atoms with Gasteiger partial charge in [-0.3, -0.25) is 43.3 Å². The summed E-state index contributed by atoms with van der Waals surface area (Å²) < 4.78 is 0. The number of aliphatic imine (C=N–C) groups is 1. The second-order valence-electron chi connectivity index (χ2n) is 14.2. The van der Waals surface area contributed by atoms with Crippen molar-refractivity contribution in [3.8, 4) is 0 Å². The molecule has 1 fully saturated rings. The Labute approximate surface area is 342 Å². The average Bonchev–Trinajstić information content (AvgIpc) is 3.71. The summed E-state index contributed by atoms with van der Waals surface area (Å²) in [5, 5.41) is 18.5. The first-order valence-electron chi connectivity index (χ1n) is 19.6. The number of nitrogens with one attached hydrogen (secondary N) is 8. The molecule has 0 saturated carbocycles. The minimum absolute atomic E-state index is 0.00935. The molecule has 2 aromatic rings. The predicted molar refractivity (Wildman–Crippen MR) is 215 cm³/mol. The first-order chi connectivity index (χ1) is 28.2. The molecule has 0 spiro atoms. The third-order valence-electron chi connectivity index (χ3n) is 9.35. The molecule has 1 aliphatic heterocycles. The van der Waals surface area contributed by atoms with Gasteiger partial charge < -0.3 is 59.4 Å². The number of hydrogen-bond acceptors (Lipinski definition) is 10. The Morgan fingerprint density at radius 3 is 2.15 bits per heavy atom. The standard InChI is InChI=1S/C38H57N13O8/c1-3-4-11-26(46-22(2)52)33(55)49-28-13-14-31(53)43-17-15-25(32(39)54)47-34(56)27(12-8-16-44-38(40)41)48-36(58)29(18-23-9-6-5-7-10-23)50-37(59)30(51-35(28)57)19-24-20-42-21-45-24/h5-7,9-10,20-21,25-30H,3-4,8,11-19H2,1-2H3,(H2,39,54)(H,42,45)(H,43,53)(H,46,52)(H,47,56)(H,48,58)(H,49,55)(H,50,59)(H,51,57)(H4,40,41,44)/t25?,26-,27-,28-,29+,30-/m0/s1. The number of rotatable bonds is 15. The van der Waals surface area contributed by atoms with Gasteiger partial charge in [-0.15, -0.1) is 0 Å². The molecule has 1 unspecified atom stereocenters. The quantitative estimate of drug-likeness (QED) is 0.0494. The van der Waals surface area contributed by atoms with Crippen molar-refractivity contribution in [3.63, 3.8) is 0 Å². The molecule has 8 amide bonds. The van der Waals surface area contributed by atoms with Crippen LogP contribution in [0.15, 0.2) is 47.8 Å². The predicted octanol–water partition coefficient (Wildman–Crippen LogP) is -2.85. The highest BCUT2D eigenvalue weighted by Gasteiger charge is 2.34. The molecule has 322 valence electrons. The van der Waals surface area contributed by atoms with E-state index in [1.807, 2.05) is 6.92 Å². The van der Waals surface area contributed by atoms with E-state index >= 15 is 0 Å². The number of unbranched alkanes of at least 4 members (excludes halogenated alkanes) is 1. The summed E-state index contributed by atoms with van der Waals surface area (Å²) in [6.45, 7) is 3.16. The van der Waals surface area contributed by atoms with E-state index in [9.17, 15) is 38.4 Å². The number of amides is 8. The highest BCUT2D eigenvalue weighted by molar-refractivity contribution is 5.97. The molecule has 1 aromatic carbocycles. The minimum Gasteiger partial charge on any atom is -0.370 e. The fraction of sp³-hybridized carbons (Fsp3) is 0.526. The molecular weight excluding hydrogens is 767 g/mol. The van der Waals surface area contributed by atoms with E-state index in [4.69, 9.17) is 17.2 Å². The van der Waals surface area contributed by atoms with Gasteiger partial charge in [0.2, 0.25) is 47.3 Å². The van der Waals surface area contributed by atoms with E-state index in [1.54, 1.807) is 30.3 Å². The molecule has 0 radical (unpaired) electrons. The largest absolute Gasteiger partial charge is 0.370 e. The molecule has 1 saturated heterocycles. The van der Waals surface area contributed by atoms with Crippen molar-refractivity contribution >= 4 is 53.2 Å². The van der Waals surface area contributed by atoms with Crippen LogP contribution >= 0.6 is 0 Å². The Morgan fingerprint density at radius 1 is 0.864 bits per heavy atom. The van der Waals surface area contributed by atoms with Gasteiger partial charge in [0, 0.05) is 51.2 Å². The molecule has 1 aromatic heterocycles. The Bertz CT molecular complexity index is 1770. The van der Waals surface area contributed by atoms with Gasteiger partial charge in [-0.25, -0.2) is 4.98 Å². The zero-order valence-corrected chi connectivity index (χ0v) is 33.4. The molecule has 0 aliphatic carbocycles. The summed E-state index contributed by atoms with van der Waals surface area (Å²) in [5.74, 6) is -5.92. The van der Waals surface area contributed by atoms with E-state index in [-0.39, 0.29) is 70.4 Å². The number of imidazole rings is 1. The highest BCUT2D eigenvalue weighted by Crippen LogP contribution is 2.10. The number of hydrogen-bond donors (Lipinski definition) is 11. The van der Waals surface area contributed by atoms with Crippen molar-refractivity contribution in [2.75, 3.05) is 13.1 Å². The number of aromatic nitrogens is 2. The van der Waals surface area contributed by atoms with Gasteiger partial charge in [0.25, 0.3) is 0 Å². The molecule has 6 atom stereocenters. The maximum Gasteiger partial charge on any atom is 0.243 e. The summed E-state index contributed by atoms with van der Waals surface area (Å²) in [7, 11) is 0. The minimum atomic E-state index is -1.37.